The molecular weight excluding hydrogens is 318 g/mol. The lowest BCUT2D eigenvalue weighted by molar-refractivity contribution is 0.601. The summed E-state index contributed by atoms with van der Waals surface area (Å²) in [5.41, 5.74) is 9.45. The van der Waals surface area contributed by atoms with Crippen LogP contribution in [0.2, 0.25) is 0 Å². The minimum Gasteiger partial charge on any atom is -0.399 e. The highest BCUT2D eigenvalue weighted by atomic mass is 32.2. The van der Waals surface area contributed by atoms with E-state index >= 15 is 0 Å². The Morgan fingerprint density at radius 1 is 0.792 bits per heavy atom. The smallest absolute Gasteiger partial charge is 0.151 e. The Hall–Kier alpha value is -1.81. The van der Waals surface area contributed by atoms with Crippen molar-refractivity contribution in [2.45, 2.75) is 47.3 Å². The van der Waals surface area contributed by atoms with Gasteiger partial charge in [0, 0.05) is 11.9 Å². The zero-order valence-corrected chi connectivity index (χ0v) is 16.9. The molecule has 2 rings (SSSR count). The van der Waals surface area contributed by atoms with Crippen LogP contribution < -0.4 is 5.73 Å². The van der Waals surface area contributed by atoms with Crippen LogP contribution in [-0.4, -0.2) is 14.7 Å². The molecule has 0 aliphatic carbocycles. The van der Waals surface area contributed by atoms with E-state index < -0.39 is 9.84 Å². The van der Waals surface area contributed by atoms with Gasteiger partial charge in [-0.3, -0.25) is 0 Å². The quantitative estimate of drug-likeness (QED) is 0.759. The van der Waals surface area contributed by atoms with Crippen molar-refractivity contribution < 1.29 is 8.42 Å². The van der Waals surface area contributed by atoms with E-state index in [-0.39, 0.29) is 5.75 Å². The molecule has 0 radical (unpaired) electrons. The van der Waals surface area contributed by atoms with Crippen LogP contribution in [0.5, 0.6) is 0 Å². The van der Waals surface area contributed by atoms with E-state index in [0.717, 1.165) is 22.4 Å². The van der Waals surface area contributed by atoms with Crippen molar-refractivity contribution in [1.82, 2.24) is 0 Å². The molecule has 2 N–H and O–H groups in total. The zero-order chi connectivity index (χ0) is 19.2. The maximum Gasteiger partial charge on any atom is 0.151 e. The summed E-state index contributed by atoms with van der Waals surface area (Å²) in [5.74, 6) is 0.139. The van der Waals surface area contributed by atoms with E-state index in [4.69, 9.17) is 5.73 Å². The van der Waals surface area contributed by atoms with Gasteiger partial charge in [0.15, 0.2) is 9.84 Å². The summed E-state index contributed by atoms with van der Waals surface area (Å²) in [4.78, 5) is 0. The summed E-state index contributed by atoms with van der Waals surface area (Å²) in [6.07, 6.45) is 1.25. The van der Waals surface area contributed by atoms with Gasteiger partial charge in [-0.15, -0.1) is 0 Å². The molecular formula is C20H33NO2S. The lowest BCUT2D eigenvalue weighted by atomic mass is 10.1. The summed E-state index contributed by atoms with van der Waals surface area (Å²) < 4.78 is 21.9. The average Bonchev–Trinajstić information content (AvgIpc) is 2.56. The predicted molar refractivity (Wildman–Crippen MR) is 108 cm³/mol. The molecule has 2 aromatic carbocycles. The lowest BCUT2D eigenvalue weighted by Gasteiger charge is -2.02. The van der Waals surface area contributed by atoms with Gasteiger partial charge in [0.1, 0.15) is 0 Å². The van der Waals surface area contributed by atoms with Crippen LogP contribution in [0, 0.1) is 13.8 Å². The van der Waals surface area contributed by atoms with Crippen LogP contribution in [0.1, 0.15) is 44.4 Å². The molecule has 0 amide bonds. The second-order valence-corrected chi connectivity index (χ2v) is 6.99. The van der Waals surface area contributed by atoms with Crippen LogP contribution in [0.4, 0.5) is 5.69 Å². The fourth-order valence-electron chi connectivity index (χ4n) is 1.64. The largest absolute Gasteiger partial charge is 0.399 e. The average molecular weight is 352 g/mol. The van der Waals surface area contributed by atoms with Gasteiger partial charge in [-0.1, -0.05) is 70.2 Å². The molecule has 0 fully saturated rings. The van der Waals surface area contributed by atoms with E-state index in [9.17, 15) is 8.42 Å². The molecule has 2 aromatic rings. The molecule has 136 valence electrons. The summed E-state index contributed by atoms with van der Waals surface area (Å²) in [6.45, 7) is 11.9. The minimum atomic E-state index is -2.90. The van der Waals surface area contributed by atoms with E-state index in [2.05, 4.69) is 0 Å². The van der Waals surface area contributed by atoms with Gasteiger partial charge < -0.3 is 5.73 Å². The van der Waals surface area contributed by atoms with Crippen LogP contribution in [-0.2, 0) is 15.6 Å². The van der Waals surface area contributed by atoms with Crippen molar-refractivity contribution in [3.63, 3.8) is 0 Å². The first-order valence-corrected chi connectivity index (χ1v) is 10.4. The maximum atomic E-state index is 11.0. The molecule has 0 spiro atoms. The fourth-order valence-corrected chi connectivity index (χ4v) is 2.53. The van der Waals surface area contributed by atoms with E-state index in [1.165, 1.54) is 6.26 Å². The molecule has 0 saturated heterocycles. The van der Waals surface area contributed by atoms with Gasteiger partial charge in [-0.2, -0.15) is 0 Å². The molecule has 0 aromatic heterocycles. The number of anilines is 1. The first-order chi connectivity index (χ1) is 11.3. The first kappa shape index (κ1) is 24.4. The number of aryl methyl sites for hydroxylation is 2. The normalized spacial score (nSPS) is 9.29. The van der Waals surface area contributed by atoms with Gasteiger partial charge >= 0.3 is 0 Å². The van der Waals surface area contributed by atoms with E-state index in [1.54, 1.807) is 0 Å². The van der Waals surface area contributed by atoms with Gasteiger partial charge in [0.2, 0.25) is 0 Å². The molecule has 0 heterocycles. The van der Waals surface area contributed by atoms with Crippen LogP contribution in [0.3, 0.4) is 0 Å². The van der Waals surface area contributed by atoms with Crippen molar-refractivity contribution in [1.29, 1.82) is 0 Å². The topological polar surface area (TPSA) is 60.2 Å². The predicted octanol–water partition coefficient (Wildman–Crippen LogP) is 5.17. The lowest BCUT2D eigenvalue weighted by Crippen LogP contribution is -2.01. The number of benzene rings is 2. The van der Waals surface area contributed by atoms with Crippen LogP contribution >= 0.6 is 0 Å². The third kappa shape index (κ3) is 11.7. The minimum absolute atomic E-state index is 0.139. The molecule has 0 bridgehead atoms. The number of nitrogen functional groups attached to an aromatic ring is 1. The molecule has 4 heteroatoms. The second-order valence-electron chi connectivity index (χ2n) is 4.85. The number of rotatable bonds is 2. The van der Waals surface area contributed by atoms with Crippen molar-refractivity contribution >= 4 is 15.5 Å². The van der Waals surface area contributed by atoms with Crippen LogP contribution in [0.15, 0.2) is 48.5 Å². The van der Waals surface area contributed by atoms with Crippen LogP contribution in [0.25, 0.3) is 0 Å². The number of sulfone groups is 1. The van der Waals surface area contributed by atoms with Gasteiger partial charge in [0.25, 0.3) is 0 Å². The number of hydrogen-bond donors (Lipinski definition) is 1. The van der Waals surface area contributed by atoms with Crippen molar-refractivity contribution in [2.24, 2.45) is 0 Å². The third-order valence-corrected chi connectivity index (χ3v) is 3.70. The number of nitrogens with two attached hydrogens (primary N) is 1. The summed E-state index contributed by atoms with van der Waals surface area (Å²) in [5, 5.41) is 0. The SMILES string of the molecule is CC.CC.Cc1ccccc1CS(C)(=O)=O.Cc1ccccc1N. The Labute approximate surface area is 148 Å². The Morgan fingerprint density at radius 2 is 1.21 bits per heavy atom. The number of hydrogen-bond acceptors (Lipinski definition) is 3. The van der Waals surface area contributed by atoms with Crippen molar-refractivity contribution in [3.05, 3.63) is 65.2 Å². The highest BCUT2D eigenvalue weighted by molar-refractivity contribution is 7.89. The highest BCUT2D eigenvalue weighted by Crippen LogP contribution is 2.10. The Morgan fingerprint density at radius 3 is 1.54 bits per heavy atom. The molecule has 0 unspecified atom stereocenters. The first-order valence-electron chi connectivity index (χ1n) is 8.33. The highest BCUT2D eigenvalue weighted by Gasteiger charge is 2.05. The molecule has 0 atom stereocenters. The molecule has 0 aliphatic rings. The molecule has 0 saturated carbocycles. The zero-order valence-electron chi connectivity index (χ0n) is 16.1. The third-order valence-electron chi connectivity index (χ3n) is 2.87. The van der Waals surface area contributed by atoms with Gasteiger partial charge in [-0.25, -0.2) is 8.42 Å². The Bertz CT molecular complexity index is 644. The second kappa shape index (κ2) is 13.6. The monoisotopic (exact) mass is 351 g/mol. The molecule has 0 aliphatic heterocycles. The van der Waals surface area contributed by atoms with E-state index in [1.807, 2.05) is 90.1 Å². The summed E-state index contributed by atoms with van der Waals surface area (Å²) in [6, 6.07) is 15.3. The Kier molecular flexibility index (Phi) is 13.9. The molecule has 24 heavy (non-hydrogen) atoms. The van der Waals surface area contributed by atoms with Crippen molar-refractivity contribution in [3.8, 4) is 0 Å². The molecule has 3 nitrogen and oxygen atoms in total. The van der Waals surface area contributed by atoms with E-state index in [0.29, 0.717) is 0 Å². The summed E-state index contributed by atoms with van der Waals surface area (Å²) >= 11 is 0. The van der Waals surface area contributed by atoms with Crippen molar-refractivity contribution in [2.75, 3.05) is 12.0 Å². The van der Waals surface area contributed by atoms with Gasteiger partial charge in [0.05, 0.1) is 5.75 Å². The van der Waals surface area contributed by atoms with Gasteiger partial charge in [-0.05, 0) is 36.6 Å². The summed E-state index contributed by atoms with van der Waals surface area (Å²) in [7, 11) is -2.90. The standard InChI is InChI=1S/C9H12O2S.C7H9N.2C2H6/c1-8-5-3-4-6-9(8)7-12(2,10)11;1-6-4-2-3-5-7(6)8;2*1-2/h3-6H,7H2,1-2H3;2-5H,8H2,1H3;2*1-2H3. The maximum absolute atomic E-state index is 11.0. The number of para-hydroxylation sites is 1. The Balaban J connectivity index is 0. The fraction of sp³-hybridized carbons (Fsp3) is 0.400.